The van der Waals surface area contributed by atoms with Gasteiger partial charge in [-0.05, 0) is 43.5 Å². The molecule has 2 fully saturated rings. The standard InChI is InChI=1S/C19H27N3O2S/c1-14-12-15-13-16(2-3-18(15)24-14)20-19(23)22-6-4-17(5-7-22)21-8-10-25-11-9-21/h2-3,13-14,17H,4-12H2,1H3,(H,20,23)/t14-/m1/s1. The number of amides is 2. The van der Waals surface area contributed by atoms with Crippen molar-refractivity contribution in [1.29, 1.82) is 0 Å². The van der Waals surface area contributed by atoms with Crippen molar-refractivity contribution >= 4 is 23.5 Å². The Morgan fingerprint density at radius 2 is 1.96 bits per heavy atom. The summed E-state index contributed by atoms with van der Waals surface area (Å²) in [6.07, 6.45) is 3.33. The molecule has 4 rings (SSSR count). The number of nitrogens with one attached hydrogen (secondary N) is 1. The van der Waals surface area contributed by atoms with Gasteiger partial charge >= 0.3 is 6.03 Å². The first-order valence-corrected chi connectivity index (χ1v) is 10.5. The van der Waals surface area contributed by atoms with E-state index in [2.05, 4.69) is 35.0 Å². The van der Waals surface area contributed by atoms with E-state index in [9.17, 15) is 4.79 Å². The third-order valence-corrected chi connectivity index (χ3v) is 6.40. The van der Waals surface area contributed by atoms with Crippen molar-refractivity contribution < 1.29 is 9.53 Å². The molecule has 0 aromatic heterocycles. The molecule has 2 amide bonds. The minimum Gasteiger partial charge on any atom is -0.490 e. The van der Waals surface area contributed by atoms with Crippen LogP contribution in [0.15, 0.2) is 18.2 Å². The first-order chi connectivity index (χ1) is 12.2. The molecule has 1 aromatic carbocycles. The maximum absolute atomic E-state index is 12.6. The molecule has 0 spiro atoms. The van der Waals surface area contributed by atoms with Crippen molar-refractivity contribution in [1.82, 2.24) is 9.80 Å². The van der Waals surface area contributed by atoms with Crippen molar-refractivity contribution in [2.24, 2.45) is 0 Å². The Balaban J connectivity index is 1.30. The number of fused-ring (bicyclic) bond motifs is 1. The third-order valence-electron chi connectivity index (χ3n) is 5.46. The summed E-state index contributed by atoms with van der Waals surface area (Å²) < 4.78 is 5.72. The highest BCUT2D eigenvalue weighted by Crippen LogP contribution is 2.31. The Bertz CT molecular complexity index is 625. The molecule has 1 N–H and O–H groups in total. The van der Waals surface area contributed by atoms with Crippen LogP contribution in [0.4, 0.5) is 10.5 Å². The second-order valence-corrected chi connectivity index (χ2v) is 8.48. The van der Waals surface area contributed by atoms with Crippen molar-refractivity contribution in [2.45, 2.75) is 38.3 Å². The molecule has 0 aliphatic carbocycles. The topological polar surface area (TPSA) is 44.8 Å². The fraction of sp³-hybridized carbons (Fsp3) is 0.632. The lowest BCUT2D eigenvalue weighted by molar-refractivity contribution is 0.130. The lowest BCUT2D eigenvalue weighted by Gasteiger charge is -2.40. The number of anilines is 1. The number of carbonyl (C=O) groups is 1. The number of likely N-dealkylation sites (tertiary alicyclic amines) is 1. The van der Waals surface area contributed by atoms with Gasteiger partial charge in [0.15, 0.2) is 0 Å². The Hall–Kier alpha value is -1.40. The van der Waals surface area contributed by atoms with Crippen LogP contribution in [0.1, 0.15) is 25.3 Å². The highest BCUT2D eigenvalue weighted by molar-refractivity contribution is 7.99. The minimum atomic E-state index is 0.0274. The Kier molecular flexibility index (Phi) is 5.08. The van der Waals surface area contributed by atoms with Crippen LogP contribution in [-0.2, 0) is 6.42 Å². The van der Waals surface area contributed by atoms with Gasteiger partial charge in [0.2, 0.25) is 0 Å². The van der Waals surface area contributed by atoms with Gasteiger partial charge < -0.3 is 15.0 Å². The van der Waals surface area contributed by atoms with Crippen LogP contribution in [0.5, 0.6) is 5.75 Å². The van der Waals surface area contributed by atoms with Crippen LogP contribution in [0.3, 0.4) is 0 Å². The lowest BCUT2D eigenvalue weighted by atomic mass is 10.0. The highest BCUT2D eigenvalue weighted by Gasteiger charge is 2.28. The fourth-order valence-corrected chi connectivity index (χ4v) is 5.01. The first kappa shape index (κ1) is 17.0. The second-order valence-electron chi connectivity index (χ2n) is 7.25. The number of thioether (sulfide) groups is 1. The summed E-state index contributed by atoms with van der Waals surface area (Å²) >= 11 is 2.05. The van der Waals surface area contributed by atoms with Crippen molar-refractivity contribution in [2.75, 3.05) is 43.0 Å². The first-order valence-electron chi connectivity index (χ1n) is 9.36. The molecule has 3 heterocycles. The molecular formula is C19H27N3O2S. The van der Waals surface area contributed by atoms with Crippen LogP contribution in [0, 0.1) is 0 Å². The molecule has 5 nitrogen and oxygen atoms in total. The molecule has 1 atom stereocenters. The van der Waals surface area contributed by atoms with E-state index in [0.29, 0.717) is 6.04 Å². The minimum absolute atomic E-state index is 0.0274. The summed E-state index contributed by atoms with van der Waals surface area (Å²) in [5, 5.41) is 3.07. The average Bonchev–Trinajstić information content (AvgIpc) is 3.02. The SMILES string of the molecule is C[C@@H]1Cc2cc(NC(=O)N3CCC(N4CCSCC4)CC3)ccc2O1. The van der Waals surface area contributed by atoms with Gasteiger partial charge in [0.1, 0.15) is 11.9 Å². The van der Waals surface area contributed by atoms with Gasteiger partial charge in [0.25, 0.3) is 0 Å². The van der Waals surface area contributed by atoms with E-state index in [1.807, 2.05) is 17.0 Å². The number of ether oxygens (including phenoxy) is 1. The summed E-state index contributed by atoms with van der Waals surface area (Å²) in [7, 11) is 0. The summed E-state index contributed by atoms with van der Waals surface area (Å²) in [5.41, 5.74) is 2.06. The number of urea groups is 1. The highest BCUT2D eigenvalue weighted by atomic mass is 32.2. The summed E-state index contributed by atoms with van der Waals surface area (Å²) in [6.45, 7) is 6.19. The number of hydrogen-bond donors (Lipinski definition) is 1. The van der Waals surface area contributed by atoms with Crippen LogP contribution in [0.25, 0.3) is 0 Å². The van der Waals surface area contributed by atoms with Gasteiger partial charge in [-0.2, -0.15) is 11.8 Å². The van der Waals surface area contributed by atoms with Gasteiger partial charge in [0, 0.05) is 55.8 Å². The zero-order valence-electron chi connectivity index (χ0n) is 14.9. The fourth-order valence-electron chi connectivity index (χ4n) is 4.08. The summed E-state index contributed by atoms with van der Waals surface area (Å²) in [6, 6.07) is 6.64. The van der Waals surface area contributed by atoms with Gasteiger partial charge in [-0.15, -0.1) is 0 Å². The smallest absolute Gasteiger partial charge is 0.321 e. The summed E-state index contributed by atoms with van der Waals surface area (Å²) in [5.74, 6) is 3.45. The molecule has 3 aliphatic heterocycles. The summed E-state index contributed by atoms with van der Waals surface area (Å²) in [4.78, 5) is 17.2. The Morgan fingerprint density at radius 3 is 2.72 bits per heavy atom. The molecule has 0 radical (unpaired) electrons. The van der Waals surface area contributed by atoms with Crippen molar-refractivity contribution in [3.8, 4) is 5.75 Å². The predicted octanol–water partition coefficient (Wildman–Crippen LogP) is 3.06. The number of carbonyl (C=O) groups excluding carboxylic acids is 1. The van der Waals surface area contributed by atoms with E-state index in [0.717, 1.165) is 43.8 Å². The zero-order chi connectivity index (χ0) is 17.2. The third kappa shape index (κ3) is 3.90. The Labute approximate surface area is 154 Å². The van der Waals surface area contributed by atoms with Gasteiger partial charge in [-0.25, -0.2) is 4.79 Å². The maximum atomic E-state index is 12.6. The average molecular weight is 362 g/mol. The number of hydrogen-bond acceptors (Lipinski definition) is 4. The molecule has 0 unspecified atom stereocenters. The maximum Gasteiger partial charge on any atom is 0.321 e. The van der Waals surface area contributed by atoms with E-state index in [1.165, 1.54) is 30.2 Å². The normalized spacial score (nSPS) is 24.7. The van der Waals surface area contributed by atoms with E-state index in [-0.39, 0.29) is 12.1 Å². The number of rotatable bonds is 2. The Morgan fingerprint density at radius 1 is 1.20 bits per heavy atom. The van der Waals surface area contributed by atoms with E-state index >= 15 is 0 Å². The molecule has 1 aromatic rings. The molecule has 2 saturated heterocycles. The number of nitrogens with zero attached hydrogens (tertiary/aromatic N) is 2. The van der Waals surface area contributed by atoms with Crippen LogP contribution >= 0.6 is 11.8 Å². The largest absolute Gasteiger partial charge is 0.490 e. The second kappa shape index (κ2) is 7.46. The van der Waals surface area contributed by atoms with Crippen LogP contribution in [0.2, 0.25) is 0 Å². The van der Waals surface area contributed by atoms with Gasteiger partial charge in [-0.1, -0.05) is 0 Å². The molecule has 136 valence electrons. The quantitative estimate of drug-likeness (QED) is 0.879. The molecule has 6 heteroatoms. The van der Waals surface area contributed by atoms with E-state index in [4.69, 9.17) is 4.74 Å². The number of piperidine rings is 1. The van der Waals surface area contributed by atoms with E-state index in [1.54, 1.807) is 0 Å². The van der Waals surface area contributed by atoms with Crippen LogP contribution in [-0.4, -0.2) is 65.7 Å². The molecule has 0 saturated carbocycles. The lowest BCUT2D eigenvalue weighted by Crippen LogP contribution is -2.49. The molecule has 3 aliphatic rings. The van der Waals surface area contributed by atoms with Crippen molar-refractivity contribution in [3.05, 3.63) is 23.8 Å². The molecule has 0 bridgehead atoms. The van der Waals surface area contributed by atoms with Gasteiger partial charge in [-0.3, -0.25) is 4.90 Å². The van der Waals surface area contributed by atoms with E-state index < -0.39 is 0 Å². The predicted molar refractivity (Wildman–Crippen MR) is 103 cm³/mol. The van der Waals surface area contributed by atoms with Gasteiger partial charge in [0.05, 0.1) is 0 Å². The molecular weight excluding hydrogens is 334 g/mol. The molecule has 25 heavy (non-hydrogen) atoms. The number of benzene rings is 1. The van der Waals surface area contributed by atoms with Crippen molar-refractivity contribution in [3.63, 3.8) is 0 Å². The zero-order valence-corrected chi connectivity index (χ0v) is 15.7. The monoisotopic (exact) mass is 361 g/mol. The van der Waals surface area contributed by atoms with Crippen LogP contribution < -0.4 is 10.1 Å².